The van der Waals surface area contributed by atoms with Crippen molar-refractivity contribution in [1.82, 2.24) is 5.32 Å². The minimum Gasteiger partial charge on any atom is -0.396 e. The molecule has 0 fully saturated rings. The van der Waals surface area contributed by atoms with E-state index in [1.165, 1.54) is 13.1 Å². The van der Waals surface area contributed by atoms with Crippen LogP contribution in [0.1, 0.15) is 13.3 Å². The van der Waals surface area contributed by atoms with Gasteiger partial charge in [-0.25, -0.2) is 0 Å². The van der Waals surface area contributed by atoms with Crippen molar-refractivity contribution in [3.8, 4) is 6.07 Å². The van der Waals surface area contributed by atoms with Crippen molar-refractivity contribution in [1.29, 1.82) is 5.26 Å². The van der Waals surface area contributed by atoms with Crippen molar-refractivity contribution >= 4 is 23.2 Å². The topological polar surface area (TPSA) is 114 Å². The third-order valence-corrected chi connectivity index (χ3v) is 2.55. The molecule has 0 unspecified atom stereocenters. The predicted octanol–water partition coefficient (Wildman–Crippen LogP) is 0.963. The first kappa shape index (κ1) is 17.2. The van der Waals surface area contributed by atoms with Crippen LogP contribution in [0.25, 0.3) is 0 Å². The van der Waals surface area contributed by atoms with Gasteiger partial charge in [0.25, 0.3) is 5.91 Å². The molecule has 7 heteroatoms. The Hall–Kier alpha value is -2.85. The number of nitrogens with zero attached hydrogens (tertiary/aromatic N) is 1. The number of rotatable bonds is 7. The van der Waals surface area contributed by atoms with E-state index < -0.39 is 5.91 Å². The maximum Gasteiger partial charge on any atom is 0.267 e. The van der Waals surface area contributed by atoms with Crippen molar-refractivity contribution in [2.45, 2.75) is 13.3 Å². The number of carbonyl (C=O) groups is 2. The standard InChI is InChI=1S/C15H18N4O3/c1-11(21)18-13-3-5-14(6-4-13)19-15(22)12(9-16)10-17-7-2-8-20/h3-6,10,17,20H,2,7-8H2,1H3,(H,18,21)(H,19,22)/b12-10-. The molecule has 1 aromatic carbocycles. The smallest absolute Gasteiger partial charge is 0.267 e. The van der Waals surface area contributed by atoms with Gasteiger partial charge in [0.05, 0.1) is 0 Å². The number of hydrogen-bond donors (Lipinski definition) is 4. The van der Waals surface area contributed by atoms with Gasteiger partial charge in [-0.15, -0.1) is 0 Å². The maximum atomic E-state index is 11.9. The van der Waals surface area contributed by atoms with Crippen LogP contribution in [0.3, 0.4) is 0 Å². The molecule has 0 aliphatic rings. The number of nitrogens with one attached hydrogen (secondary N) is 3. The zero-order valence-corrected chi connectivity index (χ0v) is 12.2. The van der Waals surface area contributed by atoms with E-state index >= 15 is 0 Å². The van der Waals surface area contributed by atoms with E-state index in [0.29, 0.717) is 24.3 Å². The van der Waals surface area contributed by atoms with E-state index in [1.807, 2.05) is 0 Å². The fraction of sp³-hybridized carbons (Fsp3) is 0.267. The molecule has 0 radical (unpaired) electrons. The van der Waals surface area contributed by atoms with Crippen LogP contribution in [0.5, 0.6) is 0 Å². The summed E-state index contributed by atoms with van der Waals surface area (Å²) < 4.78 is 0. The second-order valence-corrected chi connectivity index (χ2v) is 4.41. The first-order valence-electron chi connectivity index (χ1n) is 6.70. The Morgan fingerprint density at radius 2 is 1.82 bits per heavy atom. The van der Waals surface area contributed by atoms with E-state index in [9.17, 15) is 9.59 Å². The molecule has 0 heterocycles. The summed E-state index contributed by atoms with van der Waals surface area (Å²) in [5.74, 6) is -0.716. The molecule has 0 saturated carbocycles. The molecule has 0 aliphatic carbocycles. The number of aliphatic hydroxyl groups excluding tert-OH is 1. The maximum absolute atomic E-state index is 11.9. The molecule has 0 bridgehead atoms. The molecule has 0 aliphatic heterocycles. The van der Waals surface area contributed by atoms with Crippen molar-refractivity contribution in [2.75, 3.05) is 23.8 Å². The lowest BCUT2D eigenvalue weighted by molar-refractivity contribution is -0.114. The molecule has 2 amide bonds. The molecule has 22 heavy (non-hydrogen) atoms. The van der Waals surface area contributed by atoms with Crippen molar-refractivity contribution in [3.63, 3.8) is 0 Å². The molecule has 0 atom stereocenters. The van der Waals surface area contributed by atoms with Crippen LogP contribution in [0.15, 0.2) is 36.0 Å². The van der Waals surface area contributed by atoms with E-state index in [-0.39, 0.29) is 18.1 Å². The third kappa shape index (κ3) is 6.07. The van der Waals surface area contributed by atoms with Crippen LogP contribution in [-0.4, -0.2) is 30.1 Å². The Balaban J connectivity index is 2.62. The number of aliphatic hydroxyl groups is 1. The first-order chi connectivity index (χ1) is 10.6. The van der Waals surface area contributed by atoms with E-state index in [0.717, 1.165) is 0 Å². The Morgan fingerprint density at radius 3 is 2.32 bits per heavy atom. The van der Waals surface area contributed by atoms with Crippen LogP contribution >= 0.6 is 0 Å². The fourth-order valence-corrected chi connectivity index (χ4v) is 1.54. The van der Waals surface area contributed by atoms with Crippen LogP contribution in [0.2, 0.25) is 0 Å². The van der Waals surface area contributed by atoms with Gasteiger partial charge in [0.1, 0.15) is 11.6 Å². The van der Waals surface area contributed by atoms with Gasteiger partial charge < -0.3 is 21.1 Å². The molecular weight excluding hydrogens is 284 g/mol. The van der Waals surface area contributed by atoms with Crippen LogP contribution in [-0.2, 0) is 9.59 Å². The highest BCUT2D eigenvalue weighted by molar-refractivity contribution is 6.06. The van der Waals surface area contributed by atoms with Crippen molar-refractivity contribution < 1.29 is 14.7 Å². The van der Waals surface area contributed by atoms with E-state index in [1.54, 1.807) is 30.3 Å². The second-order valence-electron chi connectivity index (χ2n) is 4.41. The molecule has 0 saturated heterocycles. The van der Waals surface area contributed by atoms with Gasteiger partial charge in [-0.3, -0.25) is 9.59 Å². The molecule has 0 aromatic heterocycles. The highest BCUT2D eigenvalue weighted by Gasteiger charge is 2.09. The average molecular weight is 302 g/mol. The summed E-state index contributed by atoms with van der Waals surface area (Å²) in [6, 6.07) is 8.34. The molecule has 7 nitrogen and oxygen atoms in total. The summed E-state index contributed by atoms with van der Waals surface area (Å²) in [6.45, 7) is 1.92. The van der Waals surface area contributed by atoms with Crippen molar-refractivity contribution in [2.24, 2.45) is 0 Å². The molecule has 1 rings (SSSR count). The number of carbonyl (C=O) groups excluding carboxylic acids is 2. The minimum absolute atomic E-state index is 0.0373. The molecule has 116 valence electrons. The van der Waals surface area contributed by atoms with Crippen LogP contribution < -0.4 is 16.0 Å². The number of benzene rings is 1. The van der Waals surface area contributed by atoms with Gasteiger partial charge in [0, 0.05) is 37.7 Å². The zero-order chi connectivity index (χ0) is 16.4. The zero-order valence-electron chi connectivity index (χ0n) is 12.2. The third-order valence-electron chi connectivity index (χ3n) is 2.55. The summed E-state index contributed by atoms with van der Waals surface area (Å²) in [4.78, 5) is 22.8. The highest BCUT2D eigenvalue weighted by Crippen LogP contribution is 2.14. The van der Waals surface area contributed by atoms with E-state index in [4.69, 9.17) is 10.4 Å². The van der Waals surface area contributed by atoms with Gasteiger partial charge in [0.2, 0.25) is 5.91 Å². The number of anilines is 2. The lowest BCUT2D eigenvalue weighted by atomic mass is 10.2. The minimum atomic E-state index is -0.536. The number of hydrogen-bond acceptors (Lipinski definition) is 5. The Bertz CT molecular complexity index is 588. The van der Waals surface area contributed by atoms with Gasteiger partial charge in [-0.05, 0) is 30.7 Å². The molecule has 0 spiro atoms. The summed E-state index contributed by atoms with van der Waals surface area (Å²) in [5, 5.41) is 25.6. The number of nitriles is 1. The molecule has 1 aromatic rings. The van der Waals surface area contributed by atoms with Gasteiger partial charge in [-0.2, -0.15) is 5.26 Å². The lowest BCUT2D eigenvalue weighted by Gasteiger charge is -2.06. The number of amides is 2. The van der Waals surface area contributed by atoms with Gasteiger partial charge in [-0.1, -0.05) is 0 Å². The Morgan fingerprint density at radius 1 is 1.23 bits per heavy atom. The predicted molar refractivity (Wildman–Crippen MR) is 82.8 cm³/mol. The summed E-state index contributed by atoms with van der Waals surface area (Å²) >= 11 is 0. The fourth-order valence-electron chi connectivity index (χ4n) is 1.54. The average Bonchev–Trinajstić information content (AvgIpc) is 2.49. The highest BCUT2D eigenvalue weighted by atomic mass is 16.3. The summed E-state index contributed by atoms with van der Waals surface area (Å²) in [5.41, 5.74) is 1.06. The van der Waals surface area contributed by atoms with Crippen LogP contribution in [0, 0.1) is 11.3 Å². The molecule has 4 N–H and O–H groups in total. The van der Waals surface area contributed by atoms with Gasteiger partial charge in [0.15, 0.2) is 0 Å². The molecular formula is C15H18N4O3. The normalized spacial score (nSPS) is 10.5. The largest absolute Gasteiger partial charge is 0.396 e. The first-order valence-corrected chi connectivity index (χ1v) is 6.70. The summed E-state index contributed by atoms with van der Waals surface area (Å²) in [6.07, 6.45) is 1.85. The quantitative estimate of drug-likeness (QED) is 0.340. The Labute approximate surface area is 128 Å². The van der Waals surface area contributed by atoms with Crippen LogP contribution in [0.4, 0.5) is 11.4 Å². The van der Waals surface area contributed by atoms with Gasteiger partial charge >= 0.3 is 0 Å². The summed E-state index contributed by atoms with van der Waals surface area (Å²) in [7, 11) is 0. The lowest BCUT2D eigenvalue weighted by Crippen LogP contribution is -2.17. The second kappa shape index (κ2) is 9.15. The van der Waals surface area contributed by atoms with E-state index in [2.05, 4.69) is 16.0 Å². The van der Waals surface area contributed by atoms with Crippen molar-refractivity contribution in [3.05, 3.63) is 36.0 Å². The Kier molecular flexibility index (Phi) is 7.16. The SMILES string of the molecule is CC(=O)Nc1ccc(NC(=O)/C(C#N)=C\NCCCO)cc1. The monoisotopic (exact) mass is 302 g/mol.